The highest BCUT2D eigenvalue weighted by Gasteiger charge is 2.55. The minimum absolute atomic E-state index is 0.0491. The molecular formula is C18H13F3N4O2. The Morgan fingerprint density at radius 1 is 0.963 bits per heavy atom. The van der Waals surface area contributed by atoms with Gasteiger partial charge in [0.05, 0.1) is 16.9 Å². The van der Waals surface area contributed by atoms with Gasteiger partial charge < -0.3 is 0 Å². The van der Waals surface area contributed by atoms with Crippen molar-refractivity contribution in [3.63, 3.8) is 0 Å². The summed E-state index contributed by atoms with van der Waals surface area (Å²) < 4.78 is 38.9. The summed E-state index contributed by atoms with van der Waals surface area (Å²) in [4.78, 5) is 26.5. The zero-order valence-corrected chi connectivity index (χ0v) is 14.0. The second kappa shape index (κ2) is 5.90. The number of benzene rings is 2. The number of carbonyl (C=O) groups is 2. The van der Waals surface area contributed by atoms with Crippen LogP contribution in [-0.4, -0.2) is 23.9 Å². The minimum Gasteiger partial charge on any atom is -0.271 e. The zero-order chi connectivity index (χ0) is 19.3. The second-order valence-electron chi connectivity index (χ2n) is 6.33. The maximum Gasteiger partial charge on any atom is 0.416 e. The third kappa shape index (κ3) is 2.75. The maximum atomic E-state index is 13.0. The minimum atomic E-state index is -4.53. The summed E-state index contributed by atoms with van der Waals surface area (Å²) in [6, 6.07) is 9.04. The second-order valence-corrected chi connectivity index (χ2v) is 6.33. The lowest BCUT2D eigenvalue weighted by Gasteiger charge is -2.21. The maximum absolute atomic E-state index is 13.0. The van der Waals surface area contributed by atoms with Crippen molar-refractivity contribution >= 4 is 23.2 Å². The number of amides is 2. The Hall–Kier alpha value is -3.23. The molecule has 138 valence electrons. The van der Waals surface area contributed by atoms with Crippen molar-refractivity contribution in [2.75, 3.05) is 9.91 Å². The summed E-state index contributed by atoms with van der Waals surface area (Å²) in [7, 11) is 0. The lowest BCUT2D eigenvalue weighted by Crippen LogP contribution is -2.40. The van der Waals surface area contributed by atoms with Gasteiger partial charge in [0.25, 0.3) is 11.8 Å². The van der Waals surface area contributed by atoms with E-state index in [1.54, 1.807) is 24.3 Å². The highest BCUT2D eigenvalue weighted by Crippen LogP contribution is 2.37. The molecule has 2 heterocycles. The number of rotatable bonds is 2. The number of hydrogen-bond donors (Lipinski definition) is 0. The molecule has 0 N–H and O–H groups in total. The topological polar surface area (TPSA) is 65.3 Å². The van der Waals surface area contributed by atoms with Gasteiger partial charge in [0, 0.05) is 0 Å². The first-order valence-electron chi connectivity index (χ1n) is 8.09. The number of fused-ring (bicyclic) bond motifs is 1. The van der Waals surface area contributed by atoms with Crippen LogP contribution in [0.25, 0.3) is 0 Å². The van der Waals surface area contributed by atoms with Gasteiger partial charge in [0.2, 0.25) is 0 Å². The molecule has 2 aliphatic rings. The van der Waals surface area contributed by atoms with Crippen LogP contribution in [0.4, 0.5) is 24.5 Å². The summed E-state index contributed by atoms with van der Waals surface area (Å²) in [5, 5.41) is 8.69. The lowest BCUT2D eigenvalue weighted by molar-refractivity contribution is -0.137. The molecule has 0 radical (unpaired) electrons. The normalized spacial score (nSPS) is 21.9. The van der Waals surface area contributed by atoms with E-state index in [1.807, 2.05) is 6.92 Å². The Morgan fingerprint density at radius 2 is 1.67 bits per heavy atom. The van der Waals surface area contributed by atoms with Crippen LogP contribution in [0.2, 0.25) is 0 Å². The molecule has 2 aromatic carbocycles. The van der Waals surface area contributed by atoms with E-state index in [2.05, 4.69) is 10.3 Å². The van der Waals surface area contributed by atoms with Crippen molar-refractivity contribution in [3.05, 3.63) is 59.7 Å². The van der Waals surface area contributed by atoms with Gasteiger partial charge in [-0.05, 0) is 37.3 Å². The number of aryl methyl sites for hydroxylation is 1. The van der Waals surface area contributed by atoms with Crippen molar-refractivity contribution in [1.82, 2.24) is 0 Å². The van der Waals surface area contributed by atoms with Crippen molar-refractivity contribution in [2.45, 2.75) is 25.2 Å². The first kappa shape index (κ1) is 17.2. The number of carbonyl (C=O) groups excluding carboxylic acids is 2. The SMILES string of the molecule is Cc1ccc(N2C(=O)[C@H]3N=NN(c4cccc(C(F)(F)F)c4)[C@H]3C2=O)cc1. The lowest BCUT2D eigenvalue weighted by atomic mass is 10.1. The van der Waals surface area contributed by atoms with Gasteiger partial charge in [0.1, 0.15) is 0 Å². The van der Waals surface area contributed by atoms with Gasteiger partial charge >= 0.3 is 6.18 Å². The smallest absolute Gasteiger partial charge is 0.271 e. The summed E-state index contributed by atoms with van der Waals surface area (Å²) in [6.45, 7) is 1.87. The van der Waals surface area contributed by atoms with Crippen LogP contribution in [0.15, 0.2) is 58.9 Å². The number of alkyl halides is 3. The monoisotopic (exact) mass is 374 g/mol. The molecule has 2 amide bonds. The number of halogens is 3. The molecule has 2 atom stereocenters. The van der Waals surface area contributed by atoms with Gasteiger partial charge in [-0.2, -0.15) is 18.3 Å². The van der Waals surface area contributed by atoms with Gasteiger partial charge in [-0.15, -0.1) is 0 Å². The molecule has 0 saturated carbocycles. The molecule has 0 aromatic heterocycles. The molecule has 2 aliphatic heterocycles. The van der Waals surface area contributed by atoms with E-state index in [1.165, 1.54) is 12.1 Å². The molecule has 1 saturated heterocycles. The van der Waals surface area contributed by atoms with Crippen LogP contribution in [0.1, 0.15) is 11.1 Å². The van der Waals surface area contributed by atoms with E-state index in [9.17, 15) is 22.8 Å². The molecule has 0 bridgehead atoms. The molecule has 9 heteroatoms. The average molecular weight is 374 g/mol. The molecule has 4 rings (SSSR count). The van der Waals surface area contributed by atoms with Gasteiger partial charge in [-0.3, -0.25) is 9.59 Å². The van der Waals surface area contributed by atoms with Crippen molar-refractivity contribution in [1.29, 1.82) is 0 Å². The van der Waals surface area contributed by atoms with E-state index < -0.39 is 35.6 Å². The van der Waals surface area contributed by atoms with E-state index in [4.69, 9.17) is 0 Å². The Labute approximate surface area is 151 Å². The predicted octanol–water partition coefficient (Wildman–Crippen LogP) is 3.51. The van der Waals surface area contributed by atoms with Gasteiger partial charge in [0.15, 0.2) is 12.1 Å². The van der Waals surface area contributed by atoms with Crippen LogP contribution < -0.4 is 9.91 Å². The van der Waals surface area contributed by atoms with Gasteiger partial charge in [-0.25, -0.2) is 9.91 Å². The largest absolute Gasteiger partial charge is 0.416 e. The highest BCUT2D eigenvalue weighted by atomic mass is 19.4. The summed E-state index contributed by atoms with van der Waals surface area (Å²) in [5.41, 5.74) is 0.534. The van der Waals surface area contributed by atoms with Crippen molar-refractivity contribution in [3.8, 4) is 0 Å². The van der Waals surface area contributed by atoms with E-state index in [0.29, 0.717) is 5.69 Å². The fourth-order valence-electron chi connectivity index (χ4n) is 3.15. The van der Waals surface area contributed by atoms with Crippen LogP contribution in [0.5, 0.6) is 0 Å². The third-order valence-corrected chi connectivity index (χ3v) is 4.51. The molecule has 0 aliphatic carbocycles. The van der Waals surface area contributed by atoms with Crippen LogP contribution in [0, 0.1) is 6.92 Å². The Kier molecular flexibility index (Phi) is 3.76. The summed E-state index contributed by atoms with van der Waals surface area (Å²) in [6.07, 6.45) is -4.53. The fourth-order valence-corrected chi connectivity index (χ4v) is 3.15. The van der Waals surface area contributed by atoms with E-state index in [-0.39, 0.29) is 5.69 Å². The summed E-state index contributed by atoms with van der Waals surface area (Å²) in [5.74, 6) is -1.12. The molecule has 6 nitrogen and oxygen atoms in total. The molecule has 2 aromatic rings. The zero-order valence-electron chi connectivity index (χ0n) is 14.0. The fraction of sp³-hybridized carbons (Fsp3) is 0.222. The summed E-state index contributed by atoms with van der Waals surface area (Å²) >= 11 is 0. The molecule has 27 heavy (non-hydrogen) atoms. The predicted molar refractivity (Wildman–Crippen MR) is 90.0 cm³/mol. The number of imide groups is 1. The molecular weight excluding hydrogens is 361 g/mol. The molecule has 0 spiro atoms. The standard InChI is InChI=1S/C18H13F3N4O2/c1-10-5-7-12(8-6-10)24-16(26)14-15(17(24)27)25(23-22-14)13-4-2-3-11(9-13)18(19,20)21/h2-9,14-15H,1H3/t14-,15+/m0/s1. The number of anilines is 2. The third-order valence-electron chi connectivity index (χ3n) is 4.51. The van der Waals surface area contributed by atoms with Crippen molar-refractivity contribution < 1.29 is 22.8 Å². The Balaban J connectivity index is 1.69. The first-order valence-corrected chi connectivity index (χ1v) is 8.09. The number of hydrogen-bond acceptors (Lipinski definition) is 5. The Bertz CT molecular complexity index is 956. The van der Waals surface area contributed by atoms with Crippen LogP contribution in [0.3, 0.4) is 0 Å². The van der Waals surface area contributed by atoms with E-state index in [0.717, 1.165) is 27.6 Å². The first-order chi connectivity index (χ1) is 12.8. The number of nitrogens with zero attached hydrogens (tertiary/aromatic N) is 4. The average Bonchev–Trinajstić information content (AvgIpc) is 3.16. The molecule has 0 unspecified atom stereocenters. The van der Waals surface area contributed by atoms with Crippen LogP contribution in [-0.2, 0) is 15.8 Å². The Morgan fingerprint density at radius 3 is 2.33 bits per heavy atom. The quantitative estimate of drug-likeness (QED) is 0.756. The van der Waals surface area contributed by atoms with Gasteiger partial charge in [-0.1, -0.05) is 29.0 Å². The highest BCUT2D eigenvalue weighted by molar-refractivity contribution is 6.26. The van der Waals surface area contributed by atoms with Crippen LogP contribution >= 0.6 is 0 Å². The molecule has 1 fully saturated rings. The van der Waals surface area contributed by atoms with Crippen molar-refractivity contribution in [2.24, 2.45) is 10.3 Å². The van der Waals surface area contributed by atoms with E-state index >= 15 is 0 Å².